The Kier molecular flexibility index (Phi) is 7.42. The maximum absolute atomic E-state index is 12.9. The van der Waals surface area contributed by atoms with Gasteiger partial charge in [0.15, 0.2) is 0 Å². The van der Waals surface area contributed by atoms with Gasteiger partial charge in [-0.3, -0.25) is 9.59 Å². The summed E-state index contributed by atoms with van der Waals surface area (Å²) in [7, 11) is -4.03. The maximum Gasteiger partial charge on any atom is 0.328 e. The molecule has 0 aliphatic rings. The van der Waals surface area contributed by atoms with Crippen LogP contribution < -0.4 is 10.6 Å². The number of carbonyl (C=O) groups is 4. The number of benzene rings is 2. The minimum absolute atomic E-state index is 0.129. The Morgan fingerprint density at radius 1 is 0.677 bits per heavy atom. The molecule has 0 spiro atoms. The molecule has 2 amide bonds. The molecular formula is C20H16N2O8S. The minimum atomic E-state index is -4.03. The number of anilines is 2. The molecule has 0 heterocycles. The van der Waals surface area contributed by atoms with E-state index in [0.717, 1.165) is 12.2 Å². The second-order valence-corrected chi connectivity index (χ2v) is 7.83. The molecule has 0 aliphatic carbocycles. The molecule has 0 unspecified atom stereocenters. The summed E-state index contributed by atoms with van der Waals surface area (Å²) in [6.45, 7) is 0. The van der Waals surface area contributed by atoms with Crippen LogP contribution in [0.2, 0.25) is 0 Å². The van der Waals surface area contributed by atoms with Crippen molar-refractivity contribution in [3.63, 3.8) is 0 Å². The van der Waals surface area contributed by atoms with Gasteiger partial charge in [-0.25, -0.2) is 18.0 Å². The Hall–Kier alpha value is -4.25. The van der Waals surface area contributed by atoms with E-state index in [1.807, 2.05) is 0 Å². The molecule has 0 saturated carbocycles. The van der Waals surface area contributed by atoms with E-state index in [1.54, 1.807) is 0 Å². The summed E-state index contributed by atoms with van der Waals surface area (Å²) < 4.78 is 25.9. The molecule has 10 nitrogen and oxygen atoms in total. The summed E-state index contributed by atoms with van der Waals surface area (Å²) in [5.74, 6) is -4.12. The van der Waals surface area contributed by atoms with E-state index in [4.69, 9.17) is 10.2 Å². The number of hydrogen-bond acceptors (Lipinski definition) is 6. The zero-order valence-electron chi connectivity index (χ0n) is 15.7. The van der Waals surface area contributed by atoms with Gasteiger partial charge in [0.1, 0.15) is 0 Å². The van der Waals surface area contributed by atoms with Gasteiger partial charge < -0.3 is 20.8 Å². The molecule has 4 N–H and O–H groups in total. The van der Waals surface area contributed by atoms with Crippen LogP contribution in [0.25, 0.3) is 0 Å². The van der Waals surface area contributed by atoms with Crippen molar-refractivity contribution in [2.75, 3.05) is 10.6 Å². The Bertz CT molecular complexity index is 1110. The van der Waals surface area contributed by atoms with Gasteiger partial charge in [0, 0.05) is 35.7 Å². The van der Waals surface area contributed by atoms with Crippen molar-refractivity contribution in [2.45, 2.75) is 9.79 Å². The molecule has 11 heteroatoms. The number of amides is 2. The van der Waals surface area contributed by atoms with E-state index in [2.05, 4.69) is 10.6 Å². The molecule has 0 radical (unpaired) electrons. The smallest absolute Gasteiger partial charge is 0.328 e. The quantitative estimate of drug-likeness (QED) is 0.446. The van der Waals surface area contributed by atoms with E-state index in [1.165, 1.54) is 48.5 Å². The summed E-state index contributed by atoms with van der Waals surface area (Å²) in [6.07, 6.45) is 2.85. The molecule has 2 aromatic rings. The lowest BCUT2D eigenvalue weighted by molar-refractivity contribution is -0.132. The highest BCUT2D eigenvalue weighted by Gasteiger charge is 2.19. The van der Waals surface area contributed by atoms with Gasteiger partial charge in [0.05, 0.1) is 9.79 Å². The molecular weight excluding hydrogens is 428 g/mol. The van der Waals surface area contributed by atoms with Crippen LogP contribution in [0.1, 0.15) is 0 Å². The van der Waals surface area contributed by atoms with Gasteiger partial charge in [-0.1, -0.05) is 12.1 Å². The third kappa shape index (κ3) is 6.94. The largest absolute Gasteiger partial charge is 0.478 e. The van der Waals surface area contributed by atoms with Gasteiger partial charge in [-0.15, -0.1) is 0 Å². The first-order valence-corrected chi connectivity index (χ1v) is 9.95. The summed E-state index contributed by atoms with van der Waals surface area (Å²) in [4.78, 5) is 44.0. The number of carbonyl (C=O) groups excluding carboxylic acids is 2. The Labute approximate surface area is 176 Å². The molecule has 0 aromatic heterocycles. The maximum atomic E-state index is 12.9. The Morgan fingerprint density at radius 2 is 1.06 bits per heavy atom. The summed E-state index contributed by atoms with van der Waals surface area (Å²) in [5.41, 5.74) is 0.258. The van der Waals surface area contributed by atoms with Crippen molar-refractivity contribution in [3.05, 3.63) is 72.8 Å². The first kappa shape index (κ1) is 23.0. The Morgan fingerprint density at radius 3 is 1.42 bits per heavy atom. The average Bonchev–Trinajstić information content (AvgIpc) is 2.71. The van der Waals surface area contributed by atoms with Crippen LogP contribution >= 0.6 is 0 Å². The van der Waals surface area contributed by atoms with Crippen molar-refractivity contribution in [3.8, 4) is 0 Å². The molecule has 0 atom stereocenters. The summed E-state index contributed by atoms with van der Waals surface area (Å²) >= 11 is 0. The van der Waals surface area contributed by atoms with Crippen LogP contribution in [0.3, 0.4) is 0 Å². The fourth-order valence-electron chi connectivity index (χ4n) is 2.28. The van der Waals surface area contributed by atoms with Crippen LogP contribution in [-0.4, -0.2) is 42.4 Å². The monoisotopic (exact) mass is 444 g/mol. The molecule has 0 fully saturated rings. The first-order valence-electron chi connectivity index (χ1n) is 8.47. The van der Waals surface area contributed by atoms with Crippen LogP contribution in [0, 0.1) is 0 Å². The van der Waals surface area contributed by atoms with E-state index >= 15 is 0 Å². The lowest BCUT2D eigenvalue weighted by Crippen LogP contribution is -2.11. The van der Waals surface area contributed by atoms with Crippen LogP contribution in [0.4, 0.5) is 11.4 Å². The minimum Gasteiger partial charge on any atom is -0.478 e. The van der Waals surface area contributed by atoms with Crippen LogP contribution in [0.15, 0.2) is 82.6 Å². The molecule has 0 bridgehead atoms. The van der Waals surface area contributed by atoms with Gasteiger partial charge in [0.2, 0.25) is 21.7 Å². The number of nitrogens with one attached hydrogen (secondary N) is 2. The van der Waals surface area contributed by atoms with Crippen molar-refractivity contribution in [1.29, 1.82) is 0 Å². The predicted molar refractivity (Wildman–Crippen MR) is 109 cm³/mol. The van der Waals surface area contributed by atoms with E-state index in [-0.39, 0.29) is 21.2 Å². The van der Waals surface area contributed by atoms with Crippen molar-refractivity contribution in [1.82, 2.24) is 0 Å². The van der Waals surface area contributed by atoms with Gasteiger partial charge >= 0.3 is 11.9 Å². The lowest BCUT2D eigenvalue weighted by Gasteiger charge is -2.09. The number of sulfone groups is 1. The van der Waals surface area contributed by atoms with Gasteiger partial charge in [0.25, 0.3) is 0 Å². The molecule has 160 valence electrons. The van der Waals surface area contributed by atoms with Gasteiger partial charge in [-0.2, -0.15) is 0 Å². The number of rotatable bonds is 8. The fraction of sp³-hybridized carbons (Fsp3) is 0. The highest BCUT2D eigenvalue weighted by molar-refractivity contribution is 7.91. The number of carboxylic acids is 2. The van der Waals surface area contributed by atoms with Crippen molar-refractivity contribution < 1.29 is 37.8 Å². The highest BCUT2D eigenvalue weighted by atomic mass is 32.2. The number of aliphatic carboxylic acids is 2. The third-order valence-corrected chi connectivity index (χ3v) is 5.33. The van der Waals surface area contributed by atoms with Crippen molar-refractivity contribution in [2.24, 2.45) is 0 Å². The van der Waals surface area contributed by atoms with Crippen LogP contribution in [0.5, 0.6) is 0 Å². The fourth-order valence-corrected chi connectivity index (χ4v) is 3.63. The normalized spacial score (nSPS) is 11.4. The van der Waals surface area contributed by atoms with E-state index in [9.17, 15) is 27.6 Å². The molecule has 31 heavy (non-hydrogen) atoms. The van der Waals surface area contributed by atoms with Gasteiger partial charge in [-0.05, 0) is 36.4 Å². The first-order chi connectivity index (χ1) is 14.6. The zero-order chi connectivity index (χ0) is 23.0. The van der Waals surface area contributed by atoms with Crippen molar-refractivity contribution >= 4 is 45.0 Å². The summed E-state index contributed by atoms with van der Waals surface area (Å²) in [6, 6.07) is 10.6. The van der Waals surface area contributed by atoms with Crippen LogP contribution in [-0.2, 0) is 29.0 Å². The third-order valence-electron chi connectivity index (χ3n) is 3.58. The second kappa shape index (κ2) is 9.98. The highest BCUT2D eigenvalue weighted by Crippen LogP contribution is 2.25. The average molecular weight is 444 g/mol. The summed E-state index contributed by atoms with van der Waals surface area (Å²) in [5, 5.41) is 21.8. The molecule has 2 rings (SSSR count). The van der Waals surface area contributed by atoms with E-state index in [0.29, 0.717) is 12.2 Å². The standard InChI is InChI=1S/C20H16N2O8S/c23-17(7-9-19(25)26)21-13-3-1-5-15(11-13)31(29,30)16-6-2-4-14(12-16)22-18(24)8-10-20(27)28/h1-12H,(H,21,23)(H,22,24)(H,25,26)(H,27,28)/b9-7-,10-8-. The number of carboxylic acid groups (broad SMARTS) is 2. The van der Waals surface area contributed by atoms with E-state index < -0.39 is 33.6 Å². The second-order valence-electron chi connectivity index (χ2n) is 5.88. The zero-order valence-corrected chi connectivity index (χ0v) is 16.5. The topological polar surface area (TPSA) is 167 Å². The molecule has 0 aliphatic heterocycles. The predicted octanol–water partition coefficient (Wildman–Crippen LogP) is 1.68. The Balaban J connectivity index is 2.26. The SMILES string of the molecule is O=C(O)/C=C\C(=O)Nc1cccc(S(=O)(=O)c2cccc(NC(=O)/C=C\C(=O)O)c2)c1. The molecule has 2 aromatic carbocycles. The lowest BCUT2D eigenvalue weighted by atomic mass is 10.3. The number of hydrogen-bond donors (Lipinski definition) is 4. The molecule has 0 saturated heterocycles.